The Morgan fingerprint density at radius 1 is 1.07 bits per heavy atom. The van der Waals surface area contributed by atoms with Crippen LogP contribution < -0.4 is 24.8 Å². The predicted molar refractivity (Wildman–Crippen MR) is 153 cm³/mol. The van der Waals surface area contributed by atoms with Crippen molar-refractivity contribution >= 4 is 22.6 Å². The largest absolute Gasteiger partial charge is 0.493 e. The topological polar surface area (TPSA) is 94.2 Å². The van der Waals surface area contributed by atoms with Crippen molar-refractivity contribution in [2.75, 3.05) is 58.4 Å². The number of benzene rings is 2. The van der Waals surface area contributed by atoms with Gasteiger partial charge in [-0.3, -0.25) is 9.88 Å². The van der Waals surface area contributed by atoms with E-state index >= 15 is 0 Å². The number of urea groups is 1. The maximum Gasteiger partial charge on any atom is 0.319 e. The summed E-state index contributed by atoms with van der Waals surface area (Å²) < 4.78 is 37.9. The number of anilines is 1. The number of halogens is 1. The average Bonchev–Trinajstić information content (AvgIpc) is 2.92. The number of nitrogens with zero attached hydrogens (tertiary/aromatic N) is 2. The molecule has 2 amide bonds. The van der Waals surface area contributed by atoms with Gasteiger partial charge >= 0.3 is 6.03 Å². The van der Waals surface area contributed by atoms with E-state index < -0.39 is 5.82 Å². The van der Waals surface area contributed by atoms with Gasteiger partial charge in [-0.2, -0.15) is 0 Å². The van der Waals surface area contributed by atoms with Crippen LogP contribution in [0.2, 0.25) is 0 Å². The quantitative estimate of drug-likeness (QED) is 0.288. The Bertz CT molecular complexity index is 1290. The van der Waals surface area contributed by atoms with Gasteiger partial charge in [0.15, 0.2) is 23.1 Å². The minimum atomic E-state index is -0.607. The molecule has 3 aromatic rings. The van der Waals surface area contributed by atoms with Gasteiger partial charge < -0.3 is 29.6 Å². The number of nitrogens with one attached hydrogen (secondary N) is 2. The number of amides is 2. The molecule has 9 nitrogen and oxygen atoms in total. The molecule has 0 spiro atoms. The van der Waals surface area contributed by atoms with Gasteiger partial charge in [0.05, 0.1) is 32.4 Å². The summed E-state index contributed by atoms with van der Waals surface area (Å²) in [5, 5.41) is 6.10. The van der Waals surface area contributed by atoms with E-state index in [9.17, 15) is 9.18 Å². The number of carbonyl (C=O) groups excluding carboxylic acids is 1. The number of carbonyl (C=O) groups is 1. The highest BCUT2D eigenvalue weighted by Gasteiger charge is 2.16. The van der Waals surface area contributed by atoms with E-state index in [0.717, 1.165) is 45.7 Å². The first-order valence-electron chi connectivity index (χ1n) is 13.6. The van der Waals surface area contributed by atoms with Gasteiger partial charge in [-0.05, 0) is 42.5 Å². The zero-order valence-corrected chi connectivity index (χ0v) is 23.7. The summed E-state index contributed by atoms with van der Waals surface area (Å²) in [7, 11) is 1.57. The van der Waals surface area contributed by atoms with Crippen LogP contribution in [0.1, 0.15) is 33.6 Å². The highest BCUT2D eigenvalue weighted by Crippen LogP contribution is 2.38. The number of rotatable bonds is 11. The first-order valence-corrected chi connectivity index (χ1v) is 13.6. The van der Waals surface area contributed by atoms with Crippen molar-refractivity contribution in [1.82, 2.24) is 15.2 Å². The summed E-state index contributed by atoms with van der Waals surface area (Å²) in [5.41, 5.74) is 1.07. The van der Waals surface area contributed by atoms with Crippen LogP contribution in [0.25, 0.3) is 10.9 Å². The molecular weight excluding hydrogens is 515 g/mol. The number of aromatic nitrogens is 1. The fourth-order valence-electron chi connectivity index (χ4n) is 4.29. The number of methoxy groups -OCH3 is 1. The van der Waals surface area contributed by atoms with Gasteiger partial charge in [-0.15, -0.1) is 0 Å². The van der Waals surface area contributed by atoms with E-state index in [0.29, 0.717) is 47.0 Å². The minimum Gasteiger partial charge on any atom is -0.493 e. The molecule has 2 aromatic carbocycles. The van der Waals surface area contributed by atoms with Crippen LogP contribution in [-0.2, 0) is 4.74 Å². The summed E-state index contributed by atoms with van der Waals surface area (Å²) in [4.78, 5) is 19.0. The Balaban J connectivity index is 1.40. The molecular formula is C30H39FN4O5. The van der Waals surface area contributed by atoms with Crippen LogP contribution >= 0.6 is 0 Å². The molecule has 0 bridgehead atoms. The lowest BCUT2D eigenvalue weighted by Crippen LogP contribution is -2.37. The van der Waals surface area contributed by atoms with Gasteiger partial charge in [0, 0.05) is 55.6 Å². The van der Waals surface area contributed by atoms with Gasteiger partial charge in [-0.25, -0.2) is 9.18 Å². The molecule has 0 aliphatic carbocycles. The molecule has 2 N–H and O–H groups in total. The first kappa shape index (κ1) is 29.4. The molecule has 10 heteroatoms. The lowest BCUT2D eigenvalue weighted by molar-refractivity contribution is 0.0357. The van der Waals surface area contributed by atoms with Crippen molar-refractivity contribution in [3.63, 3.8) is 0 Å². The van der Waals surface area contributed by atoms with Gasteiger partial charge in [0.1, 0.15) is 5.75 Å². The van der Waals surface area contributed by atoms with Crippen molar-refractivity contribution in [3.8, 4) is 23.0 Å². The average molecular weight is 555 g/mol. The standard InChI is InChI=1S/C30H39FN4O5/c1-30(2,3)9-11-33-29(36)34-21-6-7-26(23(31)18-21)40-25-8-10-32-24-20-28(27(37-4)19-22(24)25)39-15-5-12-35-13-16-38-17-14-35/h6-8,10,18-20H,5,9,11-17H2,1-4H3,(H2,33,34,36). The predicted octanol–water partition coefficient (Wildman–Crippen LogP) is 5.83. The summed E-state index contributed by atoms with van der Waals surface area (Å²) in [5.74, 6) is 0.957. The van der Waals surface area contributed by atoms with E-state index in [1.54, 1.807) is 37.6 Å². The number of fused-ring (bicyclic) bond motifs is 1. The summed E-state index contributed by atoms with van der Waals surface area (Å²) in [6.45, 7) is 11.7. The third-order valence-electron chi connectivity index (χ3n) is 6.54. The second kappa shape index (κ2) is 13.6. The molecule has 1 fully saturated rings. The second-order valence-electron chi connectivity index (χ2n) is 10.9. The lowest BCUT2D eigenvalue weighted by Gasteiger charge is -2.26. The Labute approximate surface area is 234 Å². The third kappa shape index (κ3) is 8.43. The maximum absolute atomic E-state index is 14.9. The Kier molecular flexibility index (Phi) is 10.0. The molecule has 1 aliphatic rings. The Morgan fingerprint density at radius 3 is 2.60 bits per heavy atom. The summed E-state index contributed by atoms with van der Waals surface area (Å²) in [6, 6.07) is 9.17. The number of hydrogen-bond acceptors (Lipinski definition) is 7. The van der Waals surface area contributed by atoms with Crippen molar-refractivity contribution in [1.29, 1.82) is 0 Å². The fourth-order valence-corrected chi connectivity index (χ4v) is 4.29. The molecule has 1 aromatic heterocycles. The van der Waals surface area contributed by atoms with Crippen LogP contribution in [0.3, 0.4) is 0 Å². The van der Waals surface area contributed by atoms with Crippen LogP contribution in [0.15, 0.2) is 42.6 Å². The third-order valence-corrected chi connectivity index (χ3v) is 6.54. The van der Waals surface area contributed by atoms with Crippen LogP contribution in [0, 0.1) is 11.2 Å². The monoisotopic (exact) mass is 554 g/mol. The zero-order chi connectivity index (χ0) is 28.5. The molecule has 0 radical (unpaired) electrons. The smallest absolute Gasteiger partial charge is 0.319 e. The van der Waals surface area contributed by atoms with E-state index in [2.05, 4.69) is 41.3 Å². The minimum absolute atomic E-state index is 0.0218. The molecule has 2 heterocycles. The van der Waals surface area contributed by atoms with E-state index in [-0.39, 0.29) is 17.2 Å². The molecule has 0 saturated carbocycles. The molecule has 0 unspecified atom stereocenters. The van der Waals surface area contributed by atoms with Crippen LogP contribution in [0.4, 0.5) is 14.9 Å². The number of pyridine rings is 1. The number of ether oxygens (including phenoxy) is 4. The fraction of sp³-hybridized carbons (Fsp3) is 0.467. The first-order chi connectivity index (χ1) is 19.2. The number of hydrogen-bond donors (Lipinski definition) is 2. The van der Waals surface area contributed by atoms with Crippen LogP contribution in [-0.4, -0.2) is 69.0 Å². The molecule has 4 rings (SSSR count). The molecule has 1 aliphatic heterocycles. The van der Waals surface area contributed by atoms with Gasteiger partial charge in [0.2, 0.25) is 0 Å². The summed E-state index contributed by atoms with van der Waals surface area (Å²) >= 11 is 0. The lowest BCUT2D eigenvalue weighted by atomic mass is 9.92. The Hall–Kier alpha value is -3.63. The normalized spacial score (nSPS) is 14.1. The molecule has 0 atom stereocenters. The second-order valence-corrected chi connectivity index (χ2v) is 10.9. The van der Waals surface area contributed by atoms with Crippen molar-refractivity contribution in [3.05, 3.63) is 48.4 Å². The van der Waals surface area contributed by atoms with Crippen molar-refractivity contribution in [2.45, 2.75) is 33.6 Å². The SMILES string of the molecule is COc1cc2c(Oc3ccc(NC(=O)NCCC(C)(C)C)cc3F)ccnc2cc1OCCCN1CCOCC1. The molecule has 216 valence electrons. The highest BCUT2D eigenvalue weighted by atomic mass is 19.1. The van der Waals surface area contributed by atoms with Gasteiger partial charge in [0.25, 0.3) is 0 Å². The van der Waals surface area contributed by atoms with Gasteiger partial charge in [-0.1, -0.05) is 20.8 Å². The maximum atomic E-state index is 14.9. The zero-order valence-electron chi connectivity index (χ0n) is 23.7. The Morgan fingerprint density at radius 2 is 1.88 bits per heavy atom. The molecule has 40 heavy (non-hydrogen) atoms. The molecule has 1 saturated heterocycles. The highest BCUT2D eigenvalue weighted by molar-refractivity contribution is 5.90. The van der Waals surface area contributed by atoms with Crippen molar-refractivity contribution < 1.29 is 28.1 Å². The van der Waals surface area contributed by atoms with Crippen LogP contribution in [0.5, 0.6) is 23.0 Å². The van der Waals surface area contributed by atoms with Crippen molar-refractivity contribution in [2.24, 2.45) is 5.41 Å². The van der Waals surface area contributed by atoms with E-state index in [4.69, 9.17) is 18.9 Å². The van der Waals surface area contributed by atoms with E-state index in [1.807, 2.05) is 0 Å². The number of morpholine rings is 1. The van der Waals surface area contributed by atoms with E-state index in [1.165, 1.54) is 12.1 Å². The summed E-state index contributed by atoms with van der Waals surface area (Å²) in [6.07, 6.45) is 3.30.